The van der Waals surface area contributed by atoms with Crippen LogP contribution in [0.4, 0.5) is 0 Å². The Morgan fingerprint density at radius 3 is 1.81 bits per heavy atom. The molecule has 0 fully saturated rings. The number of esters is 1. The zero-order valence-corrected chi connectivity index (χ0v) is 18.7. The van der Waals surface area contributed by atoms with E-state index in [2.05, 4.69) is 0 Å². The molecule has 0 aliphatic rings. The third-order valence-corrected chi connectivity index (χ3v) is 5.11. The molecule has 3 aromatic carbocycles. The first kappa shape index (κ1) is 23.0. The van der Waals surface area contributed by atoms with Crippen molar-refractivity contribution in [2.75, 3.05) is 28.4 Å². The second-order valence-corrected chi connectivity index (χ2v) is 6.90. The lowest BCUT2D eigenvalue weighted by Gasteiger charge is -2.24. The molecule has 0 saturated carbocycles. The van der Waals surface area contributed by atoms with Crippen LogP contribution in [0.2, 0.25) is 0 Å². The number of rotatable bonds is 8. The zero-order chi connectivity index (χ0) is 23.3. The van der Waals surface area contributed by atoms with E-state index >= 15 is 0 Å². The lowest BCUT2D eigenvalue weighted by atomic mass is 9.94. The number of benzene rings is 3. The molecule has 1 N–H and O–H groups in total. The molecule has 0 aromatic heterocycles. The predicted molar refractivity (Wildman–Crippen MR) is 119 cm³/mol. The Hall–Kier alpha value is -3.71. The van der Waals surface area contributed by atoms with Gasteiger partial charge in [-0.15, -0.1) is 0 Å². The van der Waals surface area contributed by atoms with Crippen LogP contribution in [0.15, 0.2) is 54.6 Å². The van der Waals surface area contributed by atoms with Crippen LogP contribution >= 0.6 is 0 Å². The minimum atomic E-state index is -1.06. The monoisotopic (exact) mass is 438 g/mol. The molecule has 0 saturated heterocycles. The Morgan fingerprint density at radius 2 is 1.28 bits per heavy atom. The first-order valence-electron chi connectivity index (χ1n) is 9.88. The van der Waals surface area contributed by atoms with Crippen molar-refractivity contribution >= 4 is 5.97 Å². The van der Waals surface area contributed by atoms with Gasteiger partial charge >= 0.3 is 5.97 Å². The number of aliphatic hydroxyl groups excluding tert-OH is 1. The summed E-state index contributed by atoms with van der Waals surface area (Å²) in [4.78, 5) is 12.3. The molecule has 3 rings (SSSR count). The molecule has 0 amide bonds. The van der Waals surface area contributed by atoms with Crippen LogP contribution < -0.4 is 23.7 Å². The molecule has 0 radical (unpaired) electrons. The van der Waals surface area contributed by atoms with Gasteiger partial charge in [-0.2, -0.15) is 0 Å². The molecule has 7 heteroatoms. The number of aliphatic hydroxyl groups is 1. The standard InChI is InChI=1S/C25H26O7/c1-15-19(22(29-3)24(31-5)23(30-4)21(15)28-2)20(26)16-11-13-18(14-12-16)32-25(27)17-9-7-6-8-10-17/h6-14,20,26H,1-5H3. The second kappa shape index (κ2) is 10.1. The summed E-state index contributed by atoms with van der Waals surface area (Å²) in [7, 11) is 6.00. The van der Waals surface area contributed by atoms with Crippen LogP contribution in [0, 0.1) is 6.92 Å². The van der Waals surface area contributed by atoms with Crippen molar-refractivity contribution in [3.05, 3.63) is 76.9 Å². The van der Waals surface area contributed by atoms with E-state index in [4.69, 9.17) is 23.7 Å². The fourth-order valence-corrected chi connectivity index (χ4v) is 3.56. The van der Waals surface area contributed by atoms with Gasteiger partial charge in [-0.3, -0.25) is 0 Å². The summed E-state index contributed by atoms with van der Waals surface area (Å²) in [5.41, 5.74) is 2.15. The highest BCUT2D eigenvalue weighted by Crippen LogP contribution is 2.51. The van der Waals surface area contributed by atoms with Gasteiger partial charge in [-0.25, -0.2) is 4.79 Å². The van der Waals surface area contributed by atoms with Gasteiger partial charge in [-0.05, 0) is 36.8 Å². The Balaban J connectivity index is 1.95. The van der Waals surface area contributed by atoms with Gasteiger partial charge in [0.25, 0.3) is 0 Å². The van der Waals surface area contributed by atoms with Crippen molar-refractivity contribution in [1.29, 1.82) is 0 Å². The summed E-state index contributed by atoms with van der Waals surface area (Å²) in [5.74, 6) is 1.38. The van der Waals surface area contributed by atoms with Crippen molar-refractivity contribution in [3.63, 3.8) is 0 Å². The van der Waals surface area contributed by atoms with Gasteiger partial charge < -0.3 is 28.8 Å². The van der Waals surface area contributed by atoms with Gasteiger partial charge in [0.05, 0.1) is 34.0 Å². The maximum absolute atomic E-state index is 12.3. The lowest BCUT2D eigenvalue weighted by molar-refractivity contribution is 0.0734. The van der Waals surface area contributed by atoms with Crippen LogP contribution in [0.3, 0.4) is 0 Å². The smallest absolute Gasteiger partial charge is 0.343 e. The van der Waals surface area contributed by atoms with E-state index < -0.39 is 12.1 Å². The van der Waals surface area contributed by atoms with E-state index in [1.165, 1.54) is 28.4 Å². The fourth-order valence-electron chi connectivity index (χ4n) is 3.56. The van der Waals surface area contributed by atoms with Crippen LogP contribution in [-0.4, -0.2) is 39.5 Å². The molecule has 0 aliphatic heterocycles. The molecule has 168 valence electrons. The molecular weight excluding hydrogens is 412 g/mol. The SMILES string of the molecule is COc1c(C)c(C(O)c2ccc(OC(=O)c3ccccc3)cc2)c(OC)c(OC)c1OC. The van der Waals surface area contributed by atoms with Crippen molar-refractivity contribution < 1.29 is 33.6 Å². The number of carbonyl (C=O) groups is 1. The summed E-state index contributed by atoms with van der Waals surface area (Å²) >= 11 is 0. The van der Waals surface area contributed by atoms with E-state index in [1.807, 2.05) is 6.07 Å². The van der Waals surface area contributed by atoms with Crippen LogP contribution in [0.5, 0.6) is 28.7 Å². The molecule has 1 unspecified atom stereocenters. The predicted octanol–water partition coefficient (Wildman–Crippen LogP) is 4.33. The first-order chi connectivity index (χ1) is 15.5. The zero-order valence-electron chi connectivity index (χ0n) is 18.7. The average molecular weight is 438 g/mol. The number of methoxy groups -OCH3 is 4. The summed E-state index contributed by atoms with van der Waals surface area (Å²) in [5, 5.41) is 11.2. The van der Waals surface area contributed by atoms with Gasteiger partial charge in [-0.1, -0.05) is 30.3 Å². The summed E-state index contributed by atoms with van der Waals surface area (Å²) < 4.78 is 27.4. The van der Waals surface area contributed by atoms with Crippen LogP contribution in [0.1, 0.15) is 33.2 Å². The molecule has 0 aliphatic carbocycles. The van der Waals surface area contributed by atoms with Gasteiger partial charge in [0.1, 0.15) is 11.9 Å². The molecular formula is C25H26O7. The maximum Gasteiger partial charge on any atom is 0.343 e. The molecule has 7 nitrogen and oxygen atoms in total. The highest BCUT2D eigenvalue weighted by molar-refractivity contribution is 5.90. The van der Waals surface area contributed by atoms with Crippen molar-refractivity contribution in [2.24, 2.45) is 0 Å². The van der Waals surface area contributed by atoms with Gasteiger partial charge in [0, 0.05) is 11.1 Å². The average Bonchev–Trinajstić information content (AvgIpc) is 2.83. The largest absolute Gasteiger partial charge is 0.492 e. The van der Waals surface area contributed by atoms with E-state index in [0.29, 0.717) is 51.0 Å². The highest BCUT2D eigenvalue weighted by atomic mass is 16.5. The Kier molecular flexibility index (Phi) is 7.22. The molecule has 0 bridgehead atoms. The van der Waals surface area contributed by atoms with Gasteiger partial charge in [0.2, 0.25) is 11.5 Å². The van der Waals surface area contributed by atoms with E-state index in [9.17, 15) is 9.90 Å². The molecule has 0 spiro atoms. The number of hydrogen-bond donors (Lipinski definition) is 1. The quantitative estimate of drug-likeness (QED) is 0.414. The third-order valence-electron chi connectivity index (χ3n) is 5.11. The Bertz CT molecular complexity index is 1080. The lowest BCUT2D eigenvalue weighted by Crippen LogP contribution is -2.10. The second-order valence-electron chi connectivity index (χ2n) is 6.90. The molecule has 32 heavy (non-hydrogen) atoms. The van der Waals surface area contributed by atoms with Gasteiger partial charge in [0.15, 0.2) is 11.5 Å². The Labute approximate surface area is 187 Å². The van der Waals surface area contributed by atoms with Crippen LogP contribution in [0.25, 0.3) is 0 Å². The van der Waals surface area contributed by atoms with E-state index in [-0.39, 0.29) is 0 Å². The first-order valence-corrected chi connectivity index (χ1v) is 9.88. The Morgan fingerprint density at radius 1 is 0.750 bits per heavy atom. The summed E-state index contributed by atoms with van der Waals surface area (Å²) in [6, 6.07) is 15.3. The topological polar surface area (TPSA) is 83.5 Å². The van der Waals surface area contributed by atoms with E-state index in [0.717, 1.165) is 0 Å². The number of hydrogen-bond acceptors (Lipinski definition) is 7. The summed E-state index contributed by atoms with van der Waals surface area (Å²) in [6.45, 7) is 1.80. The molecule has 3 aromatic rings. The number of ether oxygens (including phenoxy) is 5. The fraction of sp³-hybridized carbons (Fsp3) is 0.240. The molecule has 0 heterocycles. The molecule has 1 atom stereocenters. The number of carbonyl (C=O) groups excluding carboxylic acids is 1. The van der Waals surface area contributed by atoms with Crippen molar-refractivity contribution in [3.8, 4) is 28.7 Å². The van der Waals surface area contributed by atoms with Crippen molar-refractivity contribution in [1.82, 2.24) is 0 Å². The third kappa shape index (κ3) is 4.33. The van der Waals surface area contributed by atoms with E-state index in [1.54, 1.807) is 55.5 Å². The maximum atomic E-state index is 12.3. The van der Waals surface area contributed by atoms with Crippen LogP contribution in [-0.2, 0) is 0 Å². The highest BCUT2D eigenvalue weighted by Gasteiger charge is 2.29. The minimum absolute atomic E-state index is 0.319. The van der Waals surface area contributed by atoms with Crippen molar-refractivity contribution in [2.45, 2.75) is 13.0 Å². The normalized spacial score (nSPS) is 11.4. The minimum Gasteiger partial charge on any atom is -0.492 e. The summed E-state index contributed by atoms with van der Waals surface area (Å²) in [6.07, 6.45) is -1.06.